The molecule has 2 unspecified atom stereocenters. The number of benzene rings is 1. The van der Waals surface area contributed by atoms with Gasteiger partial charge in [0, 0.05) is 17.1 Å². The Balaban J connectivity index is 1.93. The maximum atomic E-state index is 6.34. The fraction of sp³-hybridized carbons (Fsp3) is 0.647. The molecule has 112 valence electrons. The van der Waals surface area contributed by atoms with Crippen LogP contribution in [-0.4, -0.2) is 31.1 Å². The van der Waals surface area contributed by atoms with Gasteiger partial charge in [-0.2, -0.15) is 0 Å². The lowest BCUT2D eigenvalue weighted by atomic mass is 10.0. The summed E-state index contributed by atoms with van der Waals surface area (Å²) in [6, 6.07) is 9.25. The Morgan fingerprint density at radius 3 is 2.65 bits per heavy atom. The molecule has 1 saturated carbocycles. The van der Waals surface area contributed by atoms with Crippen LogP contribution in [0.2, 0.25) is 5.02 Å². The van der Waals surface area contributed by atoms with Crippen molar-refractivity contribution in [2.75, 3.05) is 20.1 Å². The highest BCUT2D eigenvalue weighted by Gasteiger charge is 2.30. The molecule has 1 aromatic carbocycles. The number of nitrogens with zero attached hydrogens (tertiary/aromatic N) is 1. The van der Waals surface area contributed by atoms with Crippen LogP contribution in [0.4, 0.5) is 0 Å². The molecule has 0 aromatic heterocycles. The normalized spacial score (nSPS) is 18.2. The molecule has 2 atom stereocenters. The lowest BCUT2D eigenvalue weighted by Gasteiger charge is -2.27. The maximum absolute atomic E-state index is 6.34. The second kappa shape index (κ2) is 7.44. The predicted octanol–water partition coefficient (Wildman–Crippen LogP) is 4.11. The van der Waals surface area contributed by atoms with Gasteiger partial charge < -0.3 is 10.2 Å². The van der Waals surface area contributed by atoms with Crippen LogP contribution in [0.1, 0.15) is 44.7 Å². The summed E-state index contributed by atoms with van der Waals surface area (Å²) in [6.45, 7) is 6.59. The topological polar surface area (TPSA) is 15.3 Å². The Hall–Kier alpha value is -0.570. The van der Waals surface area contributed by atoms with Gasteiger partial charge >= 0.3 is 0 Å². The first-order chi connectivity index (χ1) is 9.63. The molecule has 1 aliphatic carbocycles. The fourth-order valence-corrected chi connectivity index (χ4v) is 3.11. The van der Waals surface area contributed by atoms with Crippen LogP contribution in [0, 0.1) is 5.92 Å². The van der Waals surface area contributed by atoms with Crippen LogP contribution in [-0.2, 0) is 0 Å². The smallest absolute Gasteiger partial charge is 0.0453 e. The largest absolute Gasteiger partial charge is 0.310 e. The first-order valence-corrected chi connectivity index (χ1v) is 8.19. The van der Waals surface area contributed by atoms with E-state index in [-0.39, 0.29) is 0 Å². The third kappa shape index (κ3) is 4.21. The predicted molar refractivity (Wildman–Crippen MR) is 87.3 cm³/mol. The van der Waals surface area contributed by atoms with Gasteiger partial charge in [-0.25, -0.2) is 0 Å². The van der Waals surface area contributed by atoms with Gasteiger partial charge in [0.15, 0.2) is 0 Å². The van der Waals surface area contributed by atoms with Crippen LogP contribution >= 0.6 is 11.6 Å². The molecule has 0 bridgehead atoms. The van der Waals surface area contributed by atoms with Gasteiger partial charge in [-0.3, -0.25) is 0 Å². The monoisotopic (exact) mass is 294 g/mol. The first kappa shape index (κ1) is 15.8. The molecule has 3 heteroatoms. The van der Waals surface area contributed by atoms with Crippen molar-refractivity contribution in [3.63, 3.8) is 0 Å². The van der Waals surface area contributed by atoms with E-state index in [1.165, 1.54) is 18.4 Å². The molecule has 0 radical (unpaired) electrons. The van der Waals surface area contributed by atoms with Crippen molar-refractivity contribution >= 4 is 11.6 Å². The van der Waals surface area contributed by atoms with Gasteiger partial charge in [0.2, 0.25) is 0 Å². The Morgan fingerprint density at radius 1 is 1.35 bits per heavy atom. The number of hydrogen-bond acceptors (Lipinski definition) is 2. The van der Waals surface area contributed by atoms with Crippen molar-refractivity contribution in [2.45, 2.75) is 45.2 Å². The lowest BCUT2D eigenvalue weighted by Crippen LogP contribution is -2.34. The standard InChI is InChI=1S/C17H27ClN2/c1-4-19-17(15-7-5-6-8-16(15)18)11-12-20(3)13(2)14-9-10-14/h5-8,13-14,17,19H,4,9-12H2,1-3H3. The van der Waals surface area contributed by atoms with Crippen molar-refractivity contribution < 1.29 is 0 Å². The summed E-state index contributed by atoms with van der Waals surface area (Å²) in [7, 11) is 2.25. The minimum atomic E-state index is 0.350. The van der Waals surface area contributed by atoms with E-state index in [1.54, 1.807) is 0 Å². The van der Waals surface area contributed by atoms with Gasteiger partial charge in [0.25, 0.3) is 0 Å². The van der Waals surface area contributed by atoms with E-state index in [2.05, 4.69) is 43.2 Å². The highest BCUT2D eigenvalue weighted by atomic mass is 35.5. The zero-order valence-corrected chi connectivity index (χ0v) is 13.7. The molecule has 2 nitrogen and oxygen atoms in total. The molecule has 0 aliphatic heterocycles. The fourth-order valence-electron chi connectivity index (χ4n) is 2.85. The highest BCUT2D eigenvalue weighted by molar-refractivity contribution is 6.31. The summed E-state index contributed by atoms with van der Waals surface area (Å²) in [5.41, 5.74) is 1.23. The number of hydrogen-bond donors (Lipinski definition) is 1. The molecule has 20 heavy (non-hydrogen) atoms. The average Bonchev–Trinajstić information content (AvgIpc) is 3.27. The SMILES string of the molecule is CCNC(CCN(C)C(C)C1CC1)c1ccccc1Cl. The molecule has 2 rings (SSSR count). The van der Waals surface area contributed by atoms with Crippen LogP contribution in [0.3, 0.4) is 0 Å². The molecular weight excluding hydrogens is 268 g/mol. The zero-order chi connectivity index (χ0) is 14.5. The van der Waals surface area contributed by atoms with Crippen molar-refractivity contribution in [3.8, 4) is 0 Å². The molecule has 1 aliphatic rings. The van der Waals surface area contributed by atoms with Crippen molar-refractivity contribution in [1.82, 2.24) is 10.2 Å². The van der Waals surface area contributed by atoms with E-state index in [1.807, 2.05) is 12.1 Å². The molecule has 1 aromatic rings. The summed E-state index contributed by atoms with van der Waals surface area (Å²) in [5, 5.41) is 4.44. The van der Waals surface area contributed by atoms with Crippen LogP contribution in [0.15, 0.2) is 24.3 Å². The molecule has 1 fully saturated rings. The van der Waals surface area contributed by atoms with Crippen molar-refractivity contribution in [3.05, 3.63) is 34.9 Å². The minimum absolute atomic E-state index is 0.350. The molecule has 0 amide bonds. The number of rotatable bonds is 8. The molecule has 0 saturated heterocycles. The summed E-state index contributed by atoms with van der Waals surface area (Å²) >= 11 is 6.34. The Morgan fingerprint density at radius 2 is 2.05 bits per heavy atom. The number of halogens is 1. The van der Waals surface area contributed by atoms with Crippen LogP contribution in [0.5, 0.6) is 0 Å². The summed E-state index contributed by atoms with van der Waals surface area (Å²) in [6.07, 6.45) is 3.92. The first-order valence-electron chi connectivity index (χ1n) is 7.81. The van der Waals surface area contributed by atoms with E-state index in [4.69, 9.17) is 11.6 Å². The van der Waals surface area contributed by atoms with Gasteiger partial charge in [-0.1, -0.05) is 36.7 Å². The molecule has 1 N–H and O–H groups in total. The third-order valence-electron chi connectivity index (χ3n) is 4.50. The van der Waals surface area contributed by atoms with Crippen LogP contribution in [0.25, 0.3) is 0 Å². The molecule has 0 heterocycles. The number of nitrogens with one attached hydrogen (secondary N) is 1. The minimum Gasteiger partial charge on any atom is -0.310 e. The van der Waals surface area contributed by atoms with E-state index >= 15 is 0 Å². The third-order valence-corrected chi connectivity index (χ3v) is 4.85. The molecular formula is C17H27ClN2. The average molecular weight is 295 g/mol. The summed E-state index contributed by atoms with van der Waals surface area (Å²) in [4.78, 5) is 2.50. The zero-order valence-electron chi connectivity index (χ0n) is 12.9. The van der Waals surface area contributed by atoms with Gasteiger partial charge in [0.05, 0.1) is 0 Å². The summed E-state index contributed by atoms with van der Waals surface area (Å²) < 4.78 is 0. The van der Waals surface area contributed by atoms with E-state index in [9.17, 15) is 0 Å². The second-order valence-electron chi connectivity index (χ2n) is 5.98. The van der Waals surface area contributed by atoms with Gasteiger partial charge in [0.1, 0.15) is 0 Å². The second-order valence-corrected chi connectivity index (χ2v) is 6.39. The Kier molecular flexibility index (Phi) is 5.88. The molecule has 0 spiro atoms. The highest BCUT2D eigenvalue weighted by Crippen LogP contribution is 2.35. The van der Waals surface area contributed by atoms with E-state index < -0.39 is 0 Å². The van der Waals surface area contributed by atoms with Gasteiger partial charge in [-0.05, 0) is 63.9 Å². The van der Waals surface area contributed by atoms with Crippen molar-refractivity contribution in [1.29, 1.82) is 0 Å². The lowest BCUT2D eigenvalue weighted by molar-refractivity contribution is 0.222. The van der Waals surface area contributed by atoms with E-state index in [0.29, 0.717) is 12.1 Å². The quantitative estimate of drug-likeness (QED) is 0.776. The summed E-state index contributed by atoms with van der Waals surface area (Å²) in [5.74, 6) is 0.929. The van der Waals surface area contributed by atoms with Crippen LogP contribution < -0.4 is 5.32 Å². The van der Waals surface area contributed by atoms with Crippen molar-refractivity contribution in [2.24, 2.45) is 5.92 Å². The Labute approximate surface area is 128 Å². The van der Waals surface area contributed by atoms with Gasteiger partial charge in [-0.15, -0.1) is 0 Å². The maximum Gasteiger partial charge on any atom is 0.0453 e. The van der Waals surface area contributed by atoms with E-state index in [0.717, 1.165) is 30.5 Å². The Bertz CT molecular complexity index is 417.